The zero-order valence-electron chi connectivity index (χ0n) is 29.4. The summed E-state index contributed by atoms with van der Waals surface area (Å²) in [5, 5.41) is 10.9. The smallest absolute Gasteiger partial charge is 0.416 e. The van der Waals surface area contributed by atoms with Crippen LogP contribution in [0.1, 0.15) is 68.1 Å². The molecule has 0 fully saturated rings. The first-order valence-corrected chi connectivity index (χ1v) is 17.3. The first kappa shape index (κ1) is 43.8. The average Bonchev–Trinajstić information content (AvgIpc) is 3.11. The van der Waals surface area contributed by atoms with Gasteiger partial charge in [-0.25, -0.2) is 9.59 Å². The molecule has 1 amide bonds. The molecule has 1 unspecified atom stereocenters. The number of nitro benzene ring substituents is 1. The topological polar surface area (TPSA) is 135 Å². The third kappa shape index (κ3) is 12.7. The number of hydrogen-bond donors (Lipinski definition) is 0. The lowest BCUT2D eigenvalue weighted by atomic mass is 10.0. The van der Waals surface area contributed by atoms with Gasteiger partial charge in [0, 0.05) is 25.3 Å². The van der Waals surface area contributed by atoms with Crippen LogP contribution in [0.4, 0.5) is 24.5 Å². The number of benzene rings is 3. The number of nitrogens with zero attached hydrogens (tertiary/aromatic N) is 2. The van der Waals surface area contributed by atoms with Crippen molar-refractivity contribution in [3.63, 3.8) is 0 Å². The molecule has 3 aromatic rings. The number of nitro groups is 1. The van der Waals surface area contributed by atoms with Crippen molar-refractivity contribution in [2.45, 2.75) is 66.2 Å². The van der Waals surface area contributed by atoms with Gasteiger partial charge in [-0.1, -0.05) is 50.6 Å². The average molecular weight is 774 g/mol. The lowest BCUT2D eigenvalue weighted by Gasteiger charge is -2.27. The molecule has 0 aromatic heterocycles. The SMILES string of the molecule is CCCOCCN(C(=O)CCl)c1c(CC)cccc1CC.CCOC(=O)C(C)OC(=O)c1cc(Oc2ccc(C(F)(F)F)cc2Cl)ccc1[N+](=O)[O-]. The number of carbonyl (C=O) groups excluding carboxylic acids is 3. The van der Waals surface area contributed by atoms with Crippen molar-refractivity contribution < 1.29 is 51.4 Å². The standard InChI is InChI=1S/C19H15ClF3NO7.C17H26ClNO2/c1-3-29-17(25)10(2)30-18(26)13-9-12(5-6-15(13)24(27)28)31-16-7-4-11(8-14(16)20)19(21,22)23;1-4-11-21-12-10-19(16(20)13-18)17-14(5-2)8-7-9-15(17)6-3/h4-10H,3H2,1-2H3;7-9H,4-6,10-13H2,1-3H3. The minimum absolute atomic E-state index is 0.00498. The van der Waals surface area contributed by atoms with E-state index in [2.05, 4.69) is 39.0 Å². The van der Waals surface area contributed by atoms with E-state index in [9.17, 15) is 37.7 Å². The lowest BCUT2D eigenvalue weighted by molar-refractivity contribution is -0.385. The summed E-state index contributed by atoms with van der Waals surface area (Å²) in [5.41, 5.74) is 1.22. The minimum Gasteiger partial charge on any atom is -0.463 e. The zero-order chi connectivity index (χ0) is 39.0. The number of carbonyl (C=O) groups is 3. The van der Waals surface area contributed by atoms with Crippen molar-refractivity contribution in [1.82, 2.24) is 0 Å². The van der Waals surface area contributed by atoms with Gasteiger partial charge in [-0.15, -0.1) is 11.6 Å². The molecule has 0 N–H and O–H groups in total. The van der Waals surface area contributed by atoms with E-state index in [1.807, 2.05) is 0 Å². The van der Waals surface area contributed by atoms with Crippen molar-refractivity contribution in [2.75, 3.05) is 37.1 Å². The second-order valence-electron chi connectivity index (χ2n) is 10.9. The first-order valence-electron chi connectivity index (χ1n) is 16.4. The van der Waals surface area contributed by atoms with Crippen LogP contribution in [0.5, 0.6) is 11.5 Å². The van der Waals surface area contributed by atoms with E-state index in [4.69, 9.17) is 42.1 Å². The first-order chi connectivity index (χ1) is 24.6. The molecular weight excluding hydrogens is 732 g/mol. The molecule has 11 nitrogen and oxygen atoms in total. The highest BCUT2D eigenvalue weighted by Crippen LogP contribution is 2.37. The summed E-state index contributed by atoms with van der Waals surface area (Å²) in [4.78, 5) is 48.4. The third-order valence-electron chi connectivity index (χ3n) is 7.23. The van der Waals surface area contributed by atoms with Crippen LogP contribution in [0.25, 0.3) is 0 Å². The van der Waals surface area contributed by atoms with E-state index in [0.717, 1.165) is 61.9 Å². The number of para-hydroxylation sites is 1. The monoisotopic (exact) mass is 772 g/mol. The van der Waals surface area contributed by atoms with E-state index < -0.39 is 46.0 Å². The normalized spacial score (nSPS) is 11.5. The Balaban J connectivity index is 0.000000389. The van der Waals surface area contributed by atoms with Gasteiger partial charge in [0.05, 0.1) is 34.4 Å². The molecule has 0 aliphatic heterocycles. The molecule has 0 saturated carbocycles. The Morgan fingerprint density at radius 2 is 1.62 bits per heavy atom. The Bertz CT molecular complexity index is 1670. The van der Waals surface area contributed by atoms with Crippen molar-refractivity contribution in [2.24, 2.45) is 0 Å². The summed E-state index contributed by atoms with van der Waals surface area (Å²) >= 11 is 11.6. The third-order valence-corrected chi connectivity index (χ3v) is 7.76. The molecule has 16 heteroatoms. The van der Waals surface area contributed by atoms with Gasteiger partial charge in [0.2, 0.25) is 5.91 Å². The van der Waals surface area contributed by atoms with E-state index in [0.29, 0.717) is 19.2 Å². The molecule has 3 aromatic carbocycles. The van der Waals surface area contributed by atoms with Gasteiger partial charge in [-0.2, -0.15) is 13.2 Å². The predicted octanol–water partition coefficient (Wildman–Crippen LogP) is 8.98. The van der Waals surface area contributed by atoms with E-state index >= 15 is 0 Å². The number of aryl methyl sites for hydroxylation is 2. The van der Waals surface area contributed by atoms with E-state index in [1.165, 1.54) is 18.1 Å². The van der Waals surface area contributed by atoms with Crippen LogP contribution in [0.2, 0.25) is 5.02 Å². The maximum absolute atomic E-state index is 12.8. The summed E-state index contributed by atoms with van der Waals surface area (Å²) in [7, 11) is 0. The summed E-state index contributed by atoms with van der Waals surface area (Å²) in [6.07, 6.45) is -3.17. The summed E-state index contributed by atoms with van der Waals surface area (Å²) in [5.74, 6) is -2.42. The van der Waals surface area contributed by atoms with Crippen LogP contribution < -0.4 is 9.64 Å². The minimum atomic E-state index is -4.61. The van der Waals surface area contributed by atoms with Crippen molar-refractivity contribution >= 4 is 52.4 Å². The van der Waals surface area contributed by atoms with Crippen molar-refractivity contribution in [3.05, 3.63) is 92.0 Å². The maximum atomic E-state index is 12.8. The number of hydrogen-bond acceptors (Lipinski definition) is 9. The van der Waals surface area contributed by atoms with Gasteiger partial charge in [-0.05, 0) is 68.5 Å². The fourth-order valence-electron chi connectivity index (χ4n) is 4.72. The van der Waals surface area contributed by atoms with Gasteiger partial charge < -0.3 is 23.8 Å². The number of anilines is 1. The Kier molecular flexibility index (Phi) is 17.8. The molecule has 0 aliphatic rings. The molecule has 0 spiro atoms. The fourth-order valence-corrected chi connectivity index (χ4v) is 5.08. The maximum Gasteiger partial charge on any atom is 0.416 e. The van der Waals surface area contributed by atoms with Crippen LogP contribution in [-0.2, 0) is 42.8 Å². The number of ether oxygens (including phenoxy) is 4. The fraction of sp³-hybridized carbons (Fsp3) is 0.417. The number of rotatable bonds is 16. The molecule has 0 heterocycles. The molecule has 52 heavy (non-hydrogen) atoms. The largest absolute Gasteiger partial charge is 0.463 e. The van der Waals surface area contributed by atoms with Crippen LogP contribution in [0.15, 0.2) is 54.6 Å². The Hall–Kier alpha value is -4.40. The molecule has 3 rings (SSSR count). The van der Waals surface area contributed by atoms with Gasteiger partial charge in [0.1, 0.15) is 22.9 Å². The molecule has 284 valence electrons. The highest BCUT2D eigenvalue weighted by molar-refractivity contribution is 6.32. The van der Waals surface area contributed by atoms with Crippen LogP contribution in [0.3, 0.4) is 0 Å². The summed E-state index contributed by atoms with van der Waals surface area (Å²) in [6, 6.07) is 11.6. The highest BCUT2D eigenvalue weighted by atomic mass is 35.5. The molecule has 0 aliphatic carbocycles. The zero-order valence-corrected chi connectivity index (χ0v) is 30.9. The van der Waals surface area contributed by atoms with Gasteiger partial charge in [0.25, 0.3) is 5.69 Å². The van der Waals surface area contributed by atoms with E-state index in [-0.39, 0.29) is 34.9 Å². The summed E-state index contributed by atoms with van der Waals surface area (Å²) < 4.78 is 58.8. The van der Waals surface area contributed by atoms with Gasteiger partial charge >= 0.3 is 18.1 Å². The number of amides is 1. The highest BCUT2D eigenvalue weighted by Gasteiger charge is 2.31. The van der Waals surface area contributed by atoms with Crippen LogP contribution in [-0.4, -0.2) is 61.1 Å². The van der Waals surface area contributed by atoms with E-state index in [1.54, 1.807) is 11.8 Å². The number of halogens is 5. The molecule has 0 bridgehead atoms. The molecule has 1 atom stereocenters. The molecule has 0 saturated heterocycles. The molecular formula is C36H41Cl2F3N2O9. The van der Waals surface area contributed by atoms with Crippen molar-refractivity contribution in [3.8, 4) is 11.5 Å². The lowest BCUT2D eigenvalue weighted by Crippen LogP contribution is -2.36. The second-order valence-corrected chi connectivity index (χ2v) is 11.6. The summed E-state index contributed by atoms with van der Waals surface area (Å²) in [6.45, 7) is 10.9. The molecule has 0 radical (unpaired) electrons. The van der Waals surface area contributed by atoms with Gasteiger partial charge in [0.15, 0.2) is 6.10 Å². The van der Waals surface area contributed by atoms with Crippen molar-refractivity contribution in [1.29, 1.82) is 0 Å². The van der Waals surface area contributed by atoms with Crippen LogP contribution in [0, 0.1) is 10.1 Å². The second kappa shape index (κ2) is 21.2. The quantitative estimate of drug-likeness (QED) is 0.0460. The number of esters is 2. The van der Waals surface area contributed by atoms with Gasteiger partial charge in [-0.3, -0.25) is 14.9 Å². The predicted molar refractivity (Wildman–Crippen MR) is 191 cm³/mol. The Labute approximate surface area is 310 Å². The number of alkyl halides is 4. The Morgan fingerprint density at radius 1 is 0.962 bits per heavy atom. The Morgan fingerprint density at radius 3 is 2.13 bits per heavy atom. The van der Waals surface area contributed by atoms with Crippen LogP contribution >= 0.6 is 23.2 Å².